The Kier molecular flexibility index (Phi) is 5.08. The highest BCUT2D eigenvalue weighted by atomic mass is 16.4. The summed E-state index contributed by atoms with van der Waals surface area (Å²) in [5.74, 6) is -0.571. The number of anilines is 1. The summed E-state index contributed by atoms with van der Waals surface area (Å²) in [5.41, 5.74) is 2.79. The Balaban J connectivity index is 1.75. The van der Waals surface area contributed by atoms with Crippen molar-refractivity contribution in [3.05, 3.63) is 41.6 Å². The van der Waals surface area contributed by atoms with E-state index in [0.717, 1.165) is 29.8 Å². The van der Waals surface area contributed by atoms with Crippen LogP contribution in [0.25, 0.3) is 5.69 Å². The smallest absolute Gasteiger partial charge is 0.320 e. The zero-order valence-electron chi connectivity index (χ0n) is 15.3. The highest BCUT2D eigenvalue weighted by Crippen LogP contribution is 2.28. The molecule has 138 valence electrons. The first-order chi connectivity index (χ1) is 12.3. The van der Waals surface area contributed by atoms with E-state index in [-0.39, 0.29) is 18.5 Å². The van der Waals surface area contributed by atoms with Gasteiger partial charge in [-0.05, 0) is 45.7 Å². The fraction of sp³-hybridized carbons (Fsp3) is 0.421. The first-order valence-corrected chi connectivity index (χ1v) is 8.77. The van der Waals surface area contributed by atoms with Crippen molar-refractivity contribution < 1.29 is 14.7 Å². The first kappa shape index (κ1) is 18.1. The molecule has 1 unspecified atom stereocenters. The van der Waals surface area contributed by atoms with Crippen molar-refractivity contribution in [3.8, 4) is 5.69 Å². The van der Waals surface area contributed by atoms with E-state index in [1.54, 1.807) is 22.6 Å². The first-order valence-electron chi connectivity index (χ1n) is 8.77. The number of hydrogen-bond donors (Lipinski definition) is 2. The summed E-state index contributed by atoms with van der Waals surface area (Å²) in [6, 6.07) is 9.16. The normalized spacial score (nSPS) is 15.1. The van der Waals surface area contributed by atoms with Crippen LogP contribution in [0.15, 0.2) is 30.3 Å². The fourth-order valence-electron chi connectivity index (χ4n) is 2.95. The van der Waals surface area contributed by atoms with Crippen molar-refractivity contribution in [3.63, 3.8) is 0 Å². The highest BCUT2D eigenvalue weighted by molar-refractivity contribution is 5.92. The topological polar surface area (TPSA) is 87.5 Å². The number of amides is 1. The minimum Gasteiger partial charge on any atom is -0.480 e. The van der Waals surface area contributed by atoms with Gasteiger partial charge in [-0.3, -0.25) is 14.5 Å². The van der Waals surface area contributed by atoms with Gasteiger partial charge >= 0.3 is 5.97 Å². The average molecular weight is 356 g/mol. The lowest BCUT2D eigenvalue weighted by Crippen LogP contribution is -2.45. The fourth-order valence-corrected chi connectivity index (χ4v) is 2.95. The molecule has 3 rings (SSSR count). The van der Waals surface area contributed by atoms with Crippen molar-refractivity contribution in [2.75, 3.05) is 11.9 Å². The van der Waals surface area contributed by atoms with Gasteiger partial charge in [-0.1, -0.05) is 17.7 Å². The SMILES string of the molecule is Cc1ccc(-n2nc(C)cc2NC(=O)CN(C2CC2)C(C)C(=O)O)cc1. The van der Waals surface area contributed by atoms with E-state index in [2.05, 4.69) is 10.4 Å². The van der Waals surface area contributed by atoms with Crippen LogP contribution in [0.5, 0.6) is 0 Å². The van der Waals surface area contributed by atoms with Crippen LogP contribution in [-0.2, 0) is 9.59 Å². The summed E-state index contributed by atoms with van der Waals surface area (Å²) in [7, 11) is 0. The standard InChI is InChI=1S/C19H24N4O3/c1-12-4-6-16(7-5-12)23-17(10-13(2)21-23)20-18(24)11-22(15-8-9-15)14(3)19(25)26/h4-7,10,14-15H,8-9,11H2,1-3H3,(H,20,24)(H,25,26). The van der Waals surface area contributed by atoms with Crippen LogP contribution in [-0.4, -0.2) is 50.3 Å². The van der Waals surface area contributed by atoms with Gasteiger partial charge in [0.25, 0.3) is 0 Å². The van der Waals surface area contributed by atoms with Gasteiger partial charge in [0.15, 0.2) is 0 Å². The molecule has 26 heavy (non-hydrogen) atoms. The summed E-state index contributed by atoms with van der Waals surface area (Å²) in [6.07, 6.45) is 1.87. The van der Waals surface area contributed by atoms with E-state index in [4.69, 9.17) is 0 Å². The molecule has 2 N–H and O–H groups in total. The molecule has 1 atom stereocenters. The predicted molar refractivity (Wildman–Crippen MR) is 98.5 cm³/mol. The molecule has 1 aliphatic rings. The number of carbonyl (C=O) groups is 2. The van der Waals surface area contributed by atoms with Gasteiger partial charge in [0.05, 0.1) is 17.9 Å². The molecule has 0 bridgehead atoms. The van der Waals surface area contributed by atoms with Crippen molar-refractivity contribution >= 4 is 17.7 Å². The quantitative estimate of drug-likeness (QED) is 0.795. The van der Waals surface area contributed by atoms with E-state index in [1.165, 1.54) is 0 Å². The summed E-state index contributed by atoms with van der Waals surface area (Å²) >= 11 is 0. The number of rotatable bonds is 7. The van der Waals surface area contributed by atoms with Gasteiger partial charge in [0.1, 0.15) is 11.9 Å². The molecule has 7 heteroatoms. The molecule has 1 aromatic carbocycles. The number of carboxylic acid groups (broad SMARTS) is 1. The second-order valence-corrected chi connectivity index (χ2v) is 6.88. The number of aliphatic carboxylic acids is 1. The Morgan fingerprint density at radius 3 is 2.54 bits per heavy atom. The maximum Gasteiger partial charge on any atom is 0.320 e. The van der Waals surface area contributed by atoms with E-state index < -0.39 is 12.0 Å². The van der Waals surface area contributed by atoms with E-state index in [1.807, 2.05) is 38.1 Å². The Bertz CT molecular complexity index is 809. The number of carboxylic acids is 1. The van der Waals surface area contributed by atoms with Crippen LogP contribution in [0, 0.1) is 13.8 Å². The van der Waals surface area contributed by atoms with Crippen molar-refractivity contribution in [2.45, 2.75) is 45.7 Å². The number of aromatic nitrogens is 2. The molecule has 1 fully saturated rings. The zero-order valence-corrected chi connectivity index (χ0v) is 15.3. The maximum atomic E-state index is 12.5. The van der Waals surface area contributed by atoms with E-state index in [0.29, 0.717) is 5.82 Å². The molecule has 0 spiro atoms. The van der Waals surface area contributed by atoms with Gasteiger partial charge < -0.3 is 10.4 Å². The lowest BCUT2D eigenvalue weighted by atomic mass is 10.2. The molecule has 0 radical (unpaired) electrons. The number of carbonyl (C=O) groups excluding carboxylic acids is 1. The number of nitrogens with one attached hydrogen (secondary N) is 1. The Morgan fingerprint density at radius 1 is 1.31 bits per heavy atom. The van der Waals surface area contributed by atoms with Crippen LogP contribution in [0.1, 0.15) is 31.0 Å². The van der Waals surface area contributed by atoms with Gasteiger partial charge in [-0.25, -0.2) is 4.68 Å². The second-order valence-electron chi connectivity index (χ2n) is 6.88. The van der Waals surface area contributed by atoms with E-state index in [9.17, 15) is 14.7 Å². The molecule has 1 amide bonds. The number of benzene rings is 1. The maximum absolute atomic E-state index is 12.5. The minimum absolute atomic E-state index is 0.0518. The Morgan fingerprint density at radius 2 is 1.96 bits per heavy atom. The Hall–Kier alpha value is -2.67. The average Bonchev–Trinajstić information content (AvgIpc) is 3.36. The third kappa shape index (κ3) is 4.11. The molecular formula is C19H24N4O3. The molecule has 7 nitrogen and oxygen atoms in total. The molecule has 1 heterocycles. The second kappa shape index (κ2) is 7.29. The predicted octanol–water partition coefficient (Wildman–Crippen LogP) is 2.37. The molecule has 1 saturated carbocycles. The highest BCUT2D eigenvalue weighted by Gasteiger charge is 2.36. The summed E-state index contributed by atoms with van der Waals surface area (Å²) < 4.78 is 1.69. The molecular weight excluding hydrogens is 332 g/mol. The zero-order chi connectivity index (χ0) is 18.8. The van der Waals surface area contributed by atoms with Crippen LogP contribution in [0.3, 0.4) is 0 Å². The monoisotopic (exact) mass is 356 g/mol. The molecule has 0 saturated heterocycles. The van der Waals surface area contributed by atoms with Crippen LogP contribution < -0.4 is 5.32 Å². The largest absolute Gasteiger partial charge is 0.480 e. The van der Waals surface area contributed by atoms with Crippen LogP contribution in [0.4, 0.5) is 5.82 Å². The summed E-state index contributed by atoms with van der Waals surface area (Å²) in [5, 5.41) is 16.6. The third-order valence-corrected chi connectivity index (χ3v) is 4.57. The van der Waals surface area contributed by atoms with Crippen molar-refractivity contribution in [1.82, 2.24) is 14.7 Å². The lowest BCUT2D eigenvalue weighted by Gasteiger charge is -2.25. The minimum atomic E-state index is -0.912. The van der Waals surface area contributed by atoms with Crippen molar-refractivity contribution in [1.29, 1.82) is 0 Å². The van der Waals surface area contributed by atoms with Gasteiger partial charge in [0, 0.05) is 12.1 Å². The van der Waals surface area contributed by atoms with Crippen molar-refractivity contribution in [2.24, 2.45) is 0 Å². The molecule has 2 aromatic rings. The molecule has 1 aromatic heterocycles. The van der Waals surface area contributed by atoms with Gasteiger partial charge in [-0.2, -0.15) is 5.10 Å². The van der Waals surface area contributed by atoms with Gasteiger partial charge in [-0.15, -0.1) is 0 Å². The lowest BCUT2D eigenvalue weighted by molar-refractivity contribution is -0.143. The summed E-state index contributed by atoms with van der Waals surface area (Å²) in [6.45, 7) is 5.55. The number of aryl methyl sites for hydroxylation is 2. The number of nitrogens with zero attached hydrogens (tertiary/aromatic N) is 3. The Labute approximate surface area is 152 Å². The van der Waals surface area contributed by atoms with E-state index >= 15 is 0 Å². The number of hydrogen-bond acceptors (Lipinski definition) is 4. The third-order valence-electron chi connectivity index (χ3n) is 4.57. The molecule has 0 aliphatic heterocycles. The van der Waals surface area contributed by atoms with Crippen LogP contribution in [0.2, 0.25) is 0 Å². The van der Waals surface area contributed by atoms with Gasteiger partial charge in [0.2, 0.25) is 5.91 Å². The molecule has 1 aliphatic carbocycles. The van der Waals surface area contributed by atoms with Crippen LogP contribution >= 0.6 is 0 Å². The summed E-state index contributed by atoms with van der Waals surface area (Å²) in [4.78, 5) is 25.6.